The molecule has 1 aliphatic heterocycles. The lowest BCUT2D eigenvalue weighted by atomic mass is 9.88. The van der Waals surface area contributed by atoms with E-state index in [-0.39, 0.29) is 19.5 Å². The van der Waals surface area contributed by atoms with Crippen LogP contribution in [-0.4, -0.2) is 52.0 Å². The van der Waals surface area contributed by atoms with E-state index < -0.39 is 28.9 Å². The summed E-state index contributed by atoms with van der Waals surface area (Å²) < 4.78 is 11.3. The number of carbonyl (C=O) groups is 2. The first-order valence-electron chi connectivity index (χ1n) is 7.28. The van der Waals surface area contributed by atoms with Crippen molar-refractivity contribution in [2.45, 2.75) is 71.2 Å². The van der Waals surface area contributed by atoms with Gasteiger partial charge >= 0.3 is 12.1 Å². The number of ether oxygens (including phenoxy) is 2. The summed E-state index contributed by atoms with van der Waals surface area (Å²) in [5, 5.41) is 9.08. The summed E-state index contributed by atoms with van der Waals surface area (Å²) in [6, 6.07) is 0. The zero-order valence-corrected chi connectivity index (χ0v) is 13.9. The molecule has 0 aromatic carbocycles. The quantitative estimate of drug-likeness (QED) is 0.845. The molecule has 1 aliphatic rings. The average molecular weight is 301 g/mol. The lowest BCUT2D eigenvalue weighted by molar-refractivity contribution is -0.207. The number of hydrogen-bond acceptors (Lipinski definition) is 4. The molecule has 0 aromatic rings. The van der Waals surface area contributed by atoms with Crippen molar-refractivity contribution in [1.82, 2.24) is 4.90 Å². The van der Waals surface area contributed by atoms with E-state index in [0.717, 1.165) is 6.42 Å². The SMILES string of the molecule is CCC(C)(C)OC1(CC(=O)O)CN(C(=O)OC(C)(C)C)C1. The van der Waals surface area contributed by atoms with E-state index in [0.29, 0.717) is 0 Å². The Kier molecular flexibility index (Phi) is 4.93. The van der Waals surface area contributed by atoms with Crippen molar-refractivity contribution in [3.05, 3.63) is 0 Å². The van der Waals surface area contributed by atoms with Crippen LogP contribution < -0.4 is 0 Å². The van der Waals surface area contributed by atoms with E-state index in [1.54, 1.807) is 20.8 Å². The maximum atomic E-state index is 12.0. The third-order valence-electron chi connectivity index (χ3n) is 3.43. The third-order valence-corrected chi connectivity index (χ3v) is 3.43. The van der Waals surface area contributed by atoms with Crippen molar-refractivity contribution in [1.29, 1.82) is 0 Å². The summed E-state index contributed by atoms with van der Waals surface area (Å²) in [6.07, 6.45) is 0.220. The largest absolute Gasteiger partial charge is 0.481 e. The lowest BCUT2D eigenvalue weighted by Crippen LogP contribution is -2.67. The predicted molar refractivity (Wildman–Crippen MR) is 78.2 cm³/mol. The Bertz CT molecular complexity index is 405. The van der Waals surface area contributed by atoms with E-state index >= 15 is 0 Å². The van der Waals surface area contributed by atoms with E-state index in [1.807, 2.05) is 20.8 Å². The molecular weight excluding hydrogens is 274 g/mol. The van der Waals surface area contributed by atoms with Gasteiger partial charge in [-0.25, -0.2) is 4.79 Å². The molecule has 6 nitrogen and oxygen atoms in total. The Balaban J connectivity index is 2.70. The lowest BCUT2D eigenvalue weighted by Gasteiger charge is -2.51. The summed E-state index contributed by atoms with van der Waals surface area (Å²) in [5.41, 5.74) is -1.80. The van der Waals surface area contributed by atoms with Crippen molar-refractivity contribution in [2.75, 3.05) is 13.1 Å². The van der Waals surface area contributed by atoms with Gasteiger partial charge in [-0.3, -0.25) is 4.79 Å². The molecular formula is C15H27NO5. The van der Waals surface area contributed by atoms with Gasteiger partial charge in [-0.05, 0) is 41.0 Å². The molecule has 122 valence electrons. The number of rotatable bonds is 5. The number of carboxylic acid groups (broad SMARTS) is 1. The van der Waals surface area contributed by atoms with Crippen molar-refractivity contribution >= 4 is 12.1 Å². The molecule has 6 heteroatoms. The molecule has 0 saturated carbocycles. The molecule has 1 heterocycles. The first-order valence-corrected chi connectivity index (χ1v) is 7.28. The fraction of sp³-hybridized carbons (Fsp3) is 0.867. The fourth-order valence-electron chi connectivity index (χ4n) is 2.25. The minimum atomic E-state index is -0.925. The van der Waals surface area contributed by atoms with Crippen LogP contribution in [0.2, 0.25) is 0 Å². The highest BCUT2D eigenvalue weighted by atomic mass is 16.6. The number of aliphatic carboxylic acids is 1. The second kappa shape index (κ2) is 5.83. The van der Waals surface area contributed by atoms with Gasteiger partial charge in [0.1, 0.15) is 11.2 Å². The zero-order valence-electron chi connectivity index (χ0n) is 13.9. The number of nitrogens with zero attached hydrogens (tertiary/aromatic N) is 1. The first-order chi connectivity index (χ1) is 9.38. The van der Waals surface area contributed by atoms with Crippen molar-refractivity contribution < 1.29 is 24.2 Å². The first kappa shape index (κ1) is 17.8. The summed E-state index contributed by atoms with van der Waals surface area (Å²) in [6.45, 7) is 11.7. The van der Waals surface area contributed by atoms with Crippen molar-refractivity contribution in [2.24, 2.45) is 0 Å². The van der Waals surface area contributed by atoms with Gasteiger partial charge in [0.25, 0.3) is 0 Å². The van der Waals surface area contributed by atoms with Crippen LogP contribution >= 0.6 is 0 Å². The van der Waals surface area contributed by atoms with Crippen LogP contribution in [0.1, 0.15) is 54.4 Å². The molecule has 0 spiro atoms. The summed E-state index contributed by atoms with van der Waals surface area (Å²) >= 11 is 0. The van der Waals surface area contributed by atoms with E-state index in [9.17, 15) is 9.59 Å². The van der Waals surface area contributed by atoms with Gasteiger partial charge in [0.05, 0.1) is 25.1 Å². The molecule has 0 radical (unpaired) electrons. The smallest absolute Gasteiger partial charge is 0.410 e. The van der Waals surface area contributed by atoms with Crippen LogP contribution in [0.3, 0.4) is 0 Å². The maximum Gasteiger partial charge on any atom is 0.410 e. The molecule has 0 unspecified atom stereocenters. The zero-order chi connectivity index (χ0) is 16.5. The van der Waals surface area contributed by atoms with Gasteiger partial charge in [-0.15, -0.1) is 0 Å². The van der Waals surface area contributed by atoms with Gasteiger partial charge in [-0.2, -0.15) is 0 Å². The van der Waals surface area contributed by atoms with Gasteiger partial charge in [0.15, 0.2) is 0 Å². The monoisotopic (exact) mass is 301 g/mol. The molecule has 0 aliphatic carbocycles. The number of amides is 1. The van der Waals surface area contributed by atoms with Crippen molar-refractivity contribution in [3.8, 4) is 0 Å². The highest BCUT2D eigenvalue weighted by Gasteiger charge is 2.51. The standard InChI is InChI=1S/C15H27NO5/c1-7-14(5,6)21-15(8-11(17)18)9-16(10-15)12(19)20-13(2,3)4/h7-10H2,1-6H3,(H,17,18). The maximum absolute atomic E-state index is 12.0. The van der Waals surface area contributed by atoms with Gasteiger partial charge in [0, 0.05) is 0 Å². The summed E-state index contributed by atoms with van der Waals surface area (Å²) in [5.74, 6) is -0.925. The van der Waals surface area contributed by atoms with Crippen LogP contribution in [0.5, 0.6) is 0 Å². The minimum absolute atomic E-state index is 0.115. The Labute approximate surface area is 126 Å². The highest BCUT2D eigenvalue weighted by Crippen LogP contribution is 2.35. The molecule has 1 N–H and O–H groups in total. The molecule has 0 bridgehead atoms. The normalized spacial score (nSPS) is 18.1. The Morgan fingerprint density at radius 1 is 1.19 bits per heavy atom. The van der Waals surface area contributed by atoms with E-state index in [2.05, 4.69) is 0 Å². The Morgan fingerprint density at radius 3 is 2.10 bits per heavy atom. The van der Waals surface area contributed by atoms with E-state index in [1.165, 1.54) is 4.90 Å². The molecule has 1 fully saturated rings. The Hall–Kier alpha value is -1.30. The molecule has 0 atom stereocenters. The fourth-order valence-corrected chi connectivity index (χ4v) is 2.25. The second-order valence-electron chi connectivity index (χ2n) is 7.31. The number of carbonyl (C=O) groups excluding carboxylic acids is 1. The third kappa shape index (κ3) is 5.19. The van der Waals surface area contributed by atoms with Gasteiger partial charge in [0.2, 0.25) is 0 Å². The average Bonchev–Trinajstić information content (AvgIpc) is 2.21. The van der Waals surface area contributed by atoms with Crippen LogP contribution in [0.4, 0.5) is 4.79 Å². The van der Waals surface area contributed by atoms with Gasteiger partial charge < -0.3 is 19.5 Å². The topological polar surface area (TPSA) is 76.1 Å². The number of likely N-dealkylation sites (tertiary alicyclic amines) is 1. The molecule has 1 rings (SSSR count). The van der Waals surface area contributed by atoms with E-state index in [4.69, 9.17) is 14.6 Å². The molecule has 21 heavy (non-hydrogen) atoms. The highest BCUT2D eigenvalue weighted by molar-refractivity contribution is 5.72. The number of hydrogen-bond donors (Lipinski definition) is 1. The second-order valence-corrected chi connectivity index (χ2v) is 7.31. The van der Waals surface area contributed by atoms with Crippen molar-refractivity contribution in [3.63, 3.8) is 0 Å². The number of carboxylic acids is 1. The van der Waals surface area contributed by atoms with Crippen LogP contribution in [-0.2, 0) is 14.3 Å². The minimum Gasteiger partial charge on any atom is -0.481 e. The van der Waals surface area contributed by atoms with Gasteiger partial charge in [-0.1, -0.05) is 6.92 Å². The molecule has 0 aromatic heterocycles. The predicted octanol–water partition coefficient (Wildman–Crippen LogP) is 2.66. The summed E-state index contributed by atoms with van der Waals surface area (Å²) in [4.78, 5) is 24.5. The molecule has 1 saturated heterocycles. The Morgan fingerprint density at radius 2 is 1.71 bits per heavy atom. The summed E-state index contributed by atoms with van der Waals surface area (Å²) in [7, 11) is 0. The van der Waals surface area contributed by atoms with Crippen LogP contribution in [0.15, 0.2) is 0 Å². The van der Waals surface area contributed by atoms with Crippen LogP contribution in [0, 0.1) is 0 Å². The van der Waals surface area contributed by atoms with Crippen LogP contribution in [0.25, 0.3) is 0 Å². The molecule has 1 amide bonds.